The first-order valence-electron chi connectivity index (χ1n) is 13.2. The van der Waals surface area contributed by atoms with E-state index in [9.17, 15) is 24.3 Å². The number of rotatable bonds is 9. The number of nitrogens with zero attached hydrogens (tertiary/aromatic N) is 4. The molecule has 11 nitrogen and oxygen atoms in total. The highest BCUT2D eigenvalue weighted by Crippen LogP contribution is 2.25. The molecule has 1 aliphatic heterocycles. The largest absolute Gasteiger partial charge is 0.481 e. The molecule has 0 saturated carbocycles. The second-order valence-corrected chi connectivity index (χ2v) is 9.74. The monoisotopic (exact) mass is 579 g/mol. The highest BCUT2D eigenvalue weighted by Gasteiger charge is 2.31. The van der Waals surface area contributed by atoms with Crippen LogP contribution in [0.25, 0.3) is 22.6 Å². The van der Waals surface area contributed by atoms with Crippen molar-refractivity contribution in [2.24, 2.45) is 0 Å². The van der Waals surface area contributed by atoms with Crippen molar-refractivity contribution < 1.29 is 29.0 Å². The number of hydrogen-bond acceptors (Lipinski definition) is 7. The van der Waals surface area contributed by atoms with E-state index in [0.29, 0.717) is 27.7 Å². The number of aromatic nitrogens is 2. The zero-order valence-corrected chi connectivity index (χ0v) is 23.2. The number of nitrogens with one attached hydrogen (secondary N) is 1. The van der Waals surface area contributed by atoms with Gasteiger partial charge in [-0.1, -0.05) is 54.1 Å². The molecule has 1 atom stereocenters. The summed E-state index contributed by atoms with van der Waals surface area (Å²) >= 11 is 6.19. The number of carbonyl (C=O) groups is 4. The van der Waals surface area contributed by atoms with Gasteiger partial charge in [0.2, 0.25) is 5.91 Å². The Balaban J connectivity index is 1.59. The molecule has 2 heterocycles. The van der Waals surface area contributed by atoms with Crippen molar-refractivity contribution in [3.05, 3.63) is 71.4 Å². The Labute approximate surface area is 242 Å². The number of piperazine rings is 1. The molecular formula is C29H30ClN5O6. The Bertz CT molecular complexity index is 1410. The number of ether oxygens (including phenoxy) is 1. The first-order valence-corrected chi connectivity index (χ1v) is 13.6. The van der Waals surface area contributed by atoms with Crippen molar-refractivity contribution in [3.63, 3.8) is 0 Å². The van der Waals surface area contributed by atoms with Gasteiger partial charge in [-0.15, -0.1) is 0 Å². The number of carboxylic acids is 1. The van der Waals surface area contributed by atoms with Gasteiger partial charge in [-0.3, -0.25) is 14.4 Å². The third kappa shape index (κ3) is 7.79. The number of hydrogen-bond donors (Lipinski definition) is 2. The molecule has 214 valence electrons. The average molecular weight is 580 g/mol. The molecule has 0 bridgehead atoms. The maximum absolute atomic E-state index is 13.5. The number of halogens is 1. The number of aliphatic carboxylic acids is 1. The van der Waals surface area contributed by atoms with Crippen LogP contribution in [0.4, 0.5) is 4.79 Å². The van der Waals surface area contributed by atoms with Crippen LogP contribution in [0, 0.1) is 0 Å². The van der Waals surface area contributed by atoms with E-state index in [-0.39, 0.29) is 51.3 Å². The predicted octanol–water partition coefficient (Wildman–Crippen LogP) is 3.73. The molecule has 1 aromatic heterocycles. The SMILES string of the molecule is CCOC(=O)N1CCN(C(=O)C(CCC(=O)O)NC(=O)c2cc(-c3cccc(Cl)c3)nc(-c3ccccc3)n2)CC1. The van der Waals surface area contributed by atoms with Crippen LogP contribution in [0.1, 0.15) is 30.3 Å². The zero-order chi connectivity index (χ0) is 29.4. The molecule has 1 fully saturated rings. The van der Waals surface area contributed by atoms with E-state index in [0.717, 1.165) is 0 Å². The third-order valence-corrected chi connectivity index (χ3v) is 6.71. The Morgan fingerprint density at radius 2 is 1.63 bits per heavy atom. The van der Waals surface area contributed by atoms with E-state index in [1.165, 1.54) is 15.9 Å². The Morgan fingerprint density at radius 1 is 0.951 bits per heavy atom. The minimum Gasteiger partial charge on any atom is -0.481 e. The Morgan fingerprint density at radius 3 is 2.29 bits per heavy atom. The molecule has 3 amide bonds. The van der Waals surface area contributed by atoms with Crippen LogP contribution >= 0.6 is 11.6 Å². The standard InChI is InChI=1S/C29H30ClN5O6/c1-2-41-29(40)35-15-13-34(14-16-35)28(39)22(11-12-25(36)37)33-27(38)24-18-23(20-9-6-10-21(30)17-20)31-26(32-24)19-7-4-3-5-8-19/h3-10,17-18,22H,2,11-16H2,1H3,(H,33,38)(H,36,37). The normalized spacial score (nSPS) is 13.8. The molecule has 0 spiro atoms. The van der Waals surface area contributed by atoms with Gasteiger partial charge in [-0.05, 0) is 31.5 Å². The fourth-order valence-corrected chi connectivity index (χ4v) is 4.57. The molecule has 2 N–H and O–H groups in total. The van der Waals surface area contributed by atoms with Crippen LogP contribution in [0.3, 0.4) is 0 Å². The van der Waals surface area contributed by atoms with Crippen molar-refractivity contribution >= 4 is 35.5 Å². The van der Waals surface area contributed by atoms with Crippen LogP contribution in [0.2, 0.25) is 5.02 Å². The van der Waals surface area contributed by atoms with Crippen LogP contribution in [0.5, 0.6) is 0 Å². The first kappa shape index (κ1) is 29.5. The minimum atomic E-state index is -1.11. The molecule has 12 heteroatoms. The van der Waals surface area contributed by atoms with Crippen molar-refractivity contribution in [1.82, 2.24) is 25.1 Å². The molecule has 0 radical (unpaired) electrons. The van der Waals surface area contributed by atoms with Gasteiger partial charge in [0.15, 0.2) is 5.82 Å². The van der Waals surface area contributed by atoms with Gasteiger partial charge in [0.25, 0.3) is 5.91 Å². The third-order valence-electron chi connectivity index (χ3n) is 6.48. The summed E-state index contributed by atoms with van der Waals surface area (Å²) in [7, 11) is 0. The smallest absolute Gasteiger partial charge is 0.409 e. The van der Waals surface area contributed by atoms with Gasteiger partial charge in [0.05, 0.1) is 12.3 Å². The molecule has 3 aromatic rings. The van der Waals surface area contributed by atoms with E-state index in [1.807, 2.05) is 30.3 Å². The molecule has 1 aliphatic rings. The second kappa shape index (κ2) is 13.7. The van der Waals surface area contributed by atoms with Gasteiger partial charge in [0, 0.05) is 48.7 Å². The highest BCUT2D eigenvalue weighted by molar-refractivity contribution is 6.30. The number of benzene rings is 2. The summed E-state index contributed by atoms with van der Waals surface area (Å²) in [4.78, 5) is 62.4. The lowest BCUT2D eigenvalue weighted by Gasteiger charge is -2.35. The fraction of sp³-hybridized carbons (Fsp3) is 0.310. The Hall–Kier alpha value is -4.51. The van der Waals surface area contributed by atoms with Crippen molar-refractivity contribution in [1.29, 1.82) is 0 Å². The lowest BCUT2D eigenvalue weighted by atomic mass is 10.1. The van der Waals surface area contributed by atoms with Gasteiger partial charge in [-0.2, -0.15) is 0 Å². The lowest BCUT2D eigenvalue weighted by molar-refractivity contribution is -0.138. The fourth-order valence-electron chi connectivity index (χ4n) is 4.38. The van der Waals surface area contributed by atoms with E-state index in [1.54, 1.807) is 31.2 Å². The van der Waals surface area contributed by atoms with Gasteiger partial charge in [-0.25, -0.2) is 14.8 Å². The van der Waals surface area contributed by atoms with E-state index in [4.69, 9.17) is 16.3 Å². The number of amides is 3. The lowest BCUT2D eigenvalue weighted by Crippen LogP contribution is -2.56. The van der Waals surface area contributed by atoms with Crippen LogP contribution in [0.15, 0.2) is 60.7 Å². The molecule has 2 aromatic carbocycles. The summed E-state index contributed by atoms with van der Waals surface area (Å²) in [5, 5.41) is 12.5. The minimum absolute atomic E-state index is 0.00841. The van der Waals surface area contributed by atoms with Crippen LogP contribution in [-0.4, -0.2) is 87.6 Å². The van der Waals surface area contributed by atoms with E-state index < -0.39 is 29.9 Å². The number of carbonyl (C=O) groups excluding carboxylic acids is 3. The molecule has 1 saturated heterocycles. The molecular weight excluding hydrogens is 550 g/mol. The molecule has 4 rings (SSSR count). The summed E-state index contributed by atoms with van der Waals surface area (Å²) in [5.74, 6) is -1.88. The van der Waals surface area contributed by atoms with Crippen molar-refractivity contribution in [3.8, 4) is 22.6 Å². The average Bonchev–Trinajstić information content (AvgIpc) is 2.99. The summed E-state index contributed by atoms with van der Waals surface area (Å²) in [5.41, 5.74) is 1.82. The van der Waals surface area contributed by atoms with Gasteiger partial charge < -0.3 is 25.0 Å². The van der Waals surface area contributed by atoms with Crippen molar-refractivity contribution in [2.75, 3.05) is 32.8 Å². The maximum Gasteiger partial charge on any atom is 0.409 e. The van der Waals surface area contributed by atoms with Crippen LogP contribution in [-0.2, 0) is 14.3 Å². The molecule has 1 unspecified atom stereocenters. The van der Waals surface area contributed by atoms with Crippen LogP contribution < -0.4 is 5.32 Å². The number of carboxylic acid groups (broad SMARTS) is 1. The summed E-state index contributed by atoms with van der Waals surface area (Å²) in [6.07, 6.45) is -0.897. The summed E-state index contributed by atoms with van der Waals surface area (Å²) in [6, 6.07) is 16.5. The molecule has 0 aliphatic carbocycles. The van der Waals surface area contributed by atoms with E-state index in [2.05, 4.69) is 15.3 Å². The summed E-state index contributed by atoms with van der Waals surface area (Å²) in [6.45, 7) is 2.93. The quantitative estimate of drug-likeness (QED) is 0.390. The maximum atomic E-state index is 13.5. The van der Waals surface area contributed by atoms with Crippen molar-refractivity contribution in [2.45, 2.75) is 25.8 Å². The Kier molecular flexibility index (Phi) is 9.86. The van der Waals surface area contributed by atoms with Gasteiger partial charge >= 0.3 is 12.1 Å². The highest BCUT2D eigenvalue weighted by atomic mass is 35.5. The summed E-state index contributed by atoms with van der Waals surface area (Å²) < 4.78 is 5.02. The van der Waals surface area contributed by atoms with Gasteiger partial charge in [0.1, 0.15) is 11.7 Å². The topological polar surface area (TPSA) is 142 Å². The first-order chi connectivity index (χ1) is 19.7. The second-order valence-electron chi connectivity index (χ2n) is 9.31. The van der Waals surface area contributed by atoms with E-state index >= 15 is 0 Å². The zero-order valence-electron chi connectivity index (χ0n) is 22.5. The molecule has 41 heavy (non-hydrogen) atoms. The predicted molar refractivity (Wildman–Crippen MR) is 151 cm³/mol.